The van der Waals surface area contributed by atoms with Crippen molar-refractivity contribution in [2.24, 2.45) is 23.2 Å². The molecule has 4 fully saturated rings. The van der Waals surface area contributed by atoms with Gasteiger partial charge >= 0.3 is 12.1 Å². The lowest BCUT2D eigenvalue weighted by Crippen LogP contribution is -2.52. The van der Waals surface area contributed by atoms with Crippen LogP contribution < -0.4 is 0 Å². The highest BCUT2D eigenvalue weighted by Gasteiger charge is 2.62. The van der Waals surface area contributed by atoms with E-state index in [9.17, 15) is 9.59 Å². The van der Waals surface area contributed by atoms with Gasteiger partial charge in [0.15, 0.2) is 0 Å². The molecular formula is C18H28N2O4. The number of rotatable bonds is 4. The fourth-order valence-corrected chi connectivity index (χ4v) is 5.28. The molecule has 2 saturated heterocycles. The van der Waals surface area contributed by atoms with Crippen LogP contribution in [0, 0.1) is 23.2 Å². The van der Waals surface area contributed by atoms with Crippen LogP contribution in [-0.4, -0.2) is 67.3 Å². The van der Waals surface area contributed by atoms with E-state index in [2.05, 4.69) is 4.90 Å². The molecule has 4 rings (SSSR count). The van der Waals surface area contributed by atoms with Crippen molar-refractivity contribution in [2.45, 2.75) is 39.2 Å². The monoisotopic (exact) mass is 336 g/mol. The minimum absolute atomic E-state index is 0.0121. The van der Waals surface area contributed by atoms with Gasteiger partial charge in [0, 0.05) is 32.2 Å². The molecule has 6 nitrogen and oxygen atoms in total. The molecule has 6 heteroatoms. The summed E-state index contributed by atoms with van der Waals surface area (Å²) in [6, 6.07) is 0.641. The van der Waals surface area contributed by atoms with E-state index in [4.69, 9.17) is 9.47 Å². The standard InChI is InChI=1S/C18H28N2O4/c1-3-23-16(21)15-13-9-20(10-14(13)15)12-7-18(8-12)5-6-19(11-18)17(22)24-4-2/h12-15H,3-11H2,1-2H3/t12?,13-,14+,15-,18?. The van der Waals surface area contributed by atoms with Crippen molar-refractivity contribution in [3.05, 3.63) is 0 Å². The highest BCUT2D eigenvalue weighted by molar-refractivity contribution is 5.77. The summed E-state index contributed by atoms with van der Waals surface area (Å²) in [6.45, 7) is 8.45. The molecule has 1 amide bonds. The number of carbonyl (C=O) groups excluding carboxylic acids is 2. The zero-order valence-electron chi connectivity index (χ0n) is 14.7. The molecule has 2 heterocycles. The first kappa shape index (κ1) is 16.2. The number of hydrogen-bond donors (Lipinski definition) is 0. The van der Waals surface area contributed by atoms with Crippen LogP contribution >= 0.6 is 0 Å². The number of nitrogens with zero attached hydrogens (tertiary/aromatic N) is 2. The largest absolute Gasteiger partial charge is 0.466 e. The Hall–Kier alpha value is -1.30. The minimum Gasteiger partial charge on any atom is -0.466 e. The number of likely N-dealkylation sites (tertiary alicyclic amines) is 2. The van der Waals surface area contributed by atoms with Crippen LogP contribution in [0.25, 0.3) is 0 Å². The van der Waals surface area contributed by atoms with Crippen molar-refractivity contribution in [3.63, 3.8) is 0 Å². The summed E-state index contributed by atoms with van der Waals surface area (Å²) in [5.41, 5.74) is 0.324. The van der Waals surface area contributed by atoms with Gasteiger partial charge < -0.3 is 14.4 Å². The Morgan fingerprint density at radius 2 is 1.75 bits per heavy atom. The van der Waals surface area contributed by atoms with Crippen molar-refractivity contribution in [3.8, 4) is 0 Å². The highest BCUT2D eigenvalue weighted by atomic mass is 16.6. The predicted octanol–water partition coefficient (Wildman–Crippen LogP) is 1.74. The molecule has 0 aromatic carbocycles. The highest BCUT2D eigenvalue weighted by Crippen LogP contribution is 2.57. The van der Waals surface area contributed by atoms with Gasteiger partial charge in [-0.25, -0.2) is 4.79 Å². The molecular weight excluding hydrogens is 308 g/mol. The van der Waals surface area contributed by atoms with E-state index < -0.39 is 0 Å². The quantitative estimate of drug-likeness (QED) is 0.732. The van der Waals surface area contributed by atoms with Crippen molar-refractivity contribution in [1.29, 1.82) is 0 Å². The third-order valence-corrected chi connectivity index (χ3v) is 6.60. The molecule has 0 N–H and O–H groups in total. The maximum absolute atomic E-state index is 11.9. The lowest BCUT2D eigenvalue weighted by Gasteiger charge is -2.49. The number of ether oxygens (including phenoxy) is 2. The van der Waals surface area contributed by atoms with Crippen molar-refractivity contribution >= 4 is 12.1 Å². The maximum Gasteiger partial charge on any atom is 0.409 e. The second-order valence-corrected chi connectivity index (χ2v) is 7.99. The zero-order valence-corrected chi connectivity index (χ0v) is 14.7. The van der Waals surface area contributed by atoms with E-state index in [1.807, 2.05) is 18.7 Å². The van der Waals surface area contributed by atoms with Gasteiger partial charge in [-0.15, -0.1) is 0 Å². The molecule has 3 atom stereocenters. The SMILES string of the molecule is CCOC(=O)[C@@H]1[C@@H]2CN(C3CC4(CCN(C(=O)OCC)C4)C3)C[C@@H]21. The lowest BCUT2D eigenvalue weighted by atomic mass is 9.64. The molecule has 2 aliphatic carbocycles. The van der Waals surface area contributed by atoms with E-state index in [1.165, 1.54) is 12.8 Å². The fourth-order valence-electron chi connectivity index (χ4n) is 5.28. The fraction of sp³-hybridized carbons (Fsp3) is 0.889. The molecule has 0 unspecified atom stereocenters. The third kappa shape index (κ3) is 2.59. The first-order chi connectivity index (χ1) is 11.6. The van der Waals surface area contributed by atoms with Gasteiger partial charge in [0.25, 0.3) is 0 Å². The number of piperidine rings is 1. The Kier molecular flexibility index (Phi) is 3.98. The Morgan fingerprint density at radius 3 is 2.38 bits per heavy atom. The Morgan fingerprint density at radius 1 is 1.08 bits per heavy atom. The lowest BCUT2D eigenvalue weighted by molar-refractivity contribution is -0.146. The van der Waals surface area contributed by atoms with Gasteiger partial charge in [-0.05, 0) is 50.4 Å². The summed E-state index contributed by atoms with van der Waals surface area (Å²) in [5.74, 6) is 1.24. The Labute approximate surface area is 143 Å². The number of amides is 1. The molecule has 1 spiro atoms. The normalized spacial score (nSPS) is 40.3. The molecule has 134 valence electrons. The molecule has 0 aromatic rings. The molecule has 0 aromatic heterocycles. The summed E-state index contributed by atoms with van der Waals surface area (Å²) in [5, 5.41) is 0. The van der Waals surface area contributed by atoms with E-state index in [1.54, 1.807) is 0 Å². The summed E-state index contributed by atoms with van der Waals surface area (Å²) in [7, 11) is 0. The second kappa shape index (κ2) is 5.90. The molecule has 0 radical (unpaired) electrons. The molecule has 24 heavy (non-hydrogen) atoms. The summed E-state index contributed by atoms with van der Waals surface area (Å²) in [4.78, 5) is 28.2. The summed E-state index contributed by atoms with van der Waals surface area (Å²) < 4.78 is 10.3. The molecule has 2 aliphatic heterocycles. The Bertz CT molecular complexity index is 519. The molecule has 2 saturated carbocycles. The van der Waals surface area contributed by atoms with Crippen LogP contribution in [0.5, 0.6) is 0 Å². The topological polar surface area (TPSA) is 59.1 Å². The minimum atomic E-state index is -0.155. The van der Waals surface area contributed by atoms with E-state index >= 15 is 0 Å². The Balaban J connectivity index is 1.23. The second-order valence-electron chi connectivity index (χ2n) is 7.99. The van der Waals surface area contributed by atoms with Gasteiger partial charge in [-0.2, -0.15) is 0 Å². The number of esters is 1. The van der Waals surface area contributed by atoms with E-state index in [0.717, 1.165) is 32.6 Å². The van der Waals surface area contributed by atoms with Crippen LogP contribution in [0.3, 0.4) is 0 Å². The van der Waals surface area contributed by atoms with Gasteiger partial charge in [-0.1, -0.05) is 0 Å². The van der Waals surface area contributed by atoms with Crippen LogP contribution in [-0.2, 0) is 14.3 Å². The summed E-state index contributed by atoms with van der Waals surface area (Å²) >= 11 is 0. The average Bonchev–Trinajstić information content (AvgIpc) is 2.91. The van der Waals surface area contributed by atoms with Gasteiger partial charge in [0.1, 0.15) is 0 Å². The predicted molar refractivity (Wildman–Crippen MR) is 87.3 cm³/mol. The maximum atomic E-state index is 11.9. The van der Waals surface area contributed by atoms with E-state index in [-0.39, 0.29) is 18.0 Å². The van der Waals surface area contributed by atoms with Crippen molar-refractivity contribution in [2.75, 3.05) is 39.4 Å². The van der Waals surface area contributed by atoms with Crippen LogP contribution in [0.4, 0.5) is 4.79 Å². The van der Waals surface area contributed by atoms with E-state index in [0.29, 0.717) is 36.5 Å². The molecule has 0 bridgehead atoms. The van der Waals surface area contributed by atoms with Crippen LogP contribution in [0.15, 0.2) is 0 Å². The summed E-state index contributed by atoms with van der Waals surface area (Å²) in [6.07, 6.45) is 3.32. The number of hydrogen-bond acceptors (Lipinski definition) is 5. The van der Waals surface area contributed by atoms with Crippen molar-refractivity contribution < 1.29 is 19.1 Å². The van der Waals surface area contributed by atoms with Gasteiger partial charge in [0.2, 0.25) is 0 Å². The third-order valence-electron chi connectivity index (χ3n) is 6.60. The average molecular weight is 336 g/mol. The van der Waals surface area contributed by atoms with Gasteiger partial charge in [-0.3, -0.25) is 9.69 Å². The molecule has 4 aliphatic rings. The van der Waals surface area contributed by atoms with Gasteiger partial charge in [0.05, 0.1) is 19.1 Å². The first-order valence-corrected chi connectivity index (χ1v) is 9.39. The number of fused-ring (bicyclic) bond motifs is 1. The van der Waals surface area contributed by atoms with Crippen LogP contribution in [0.2, 0.25) is 0 Å². The van der Waals surface area contributed by atoms with Crippen LogP contribution in [0.1, 0.15) is 33.1 Å². The van der Waals surface area contributed by atoms with Crippen molar-refractivity contribution in [1.82, 2.24) is 9.80 Å². The zero-order chi connectivity index (χ0) is 16.9. The number of carbonyl (C=O) groups is 2. The first-order valence-electron chi connectivity index (χ1n) is 9.39. The smallest absolute Gasteiger partial charge is 0.409 e.